The van der Waals surface area contributed by atoms with Crippen LogP contribution in [0.5, 0.6) is 0 Å². The molecule has 4 fully saturated rings. The van der Waals surface area contributed by atoms with Gasteiger partial charge in [0.1, 0.15) is 5.60 Å². The molecule has 0 aromatic carbocycles. The fraction of sp³-hybridized carbons (Fsp3) is 0.842. The van der Waals surface area contributed by atoms with E-state index in [1.165, 1.54) is 6.42 Å². The van der Waals surface area contributed by atoms with E-state index in [0.29, 0.717) is 24.0 Å². The Morgan fingerprint density at radius 2 is 1.78 bits per heavy atom. The number of esters is 1. The summed E-state index contributed by atoms with van der Waals surface area (Å²) in [4.78, 5) is 12.1. The molecule has 0 spiro atoms. The van der Waals surface area contributed by atoms with Crippen LogP contribution in [-0.2, 0) is 19.0 Å². The largest absolute Gasteiger partial charge is 0.456 e. The van der Waals surface area contributed by atoms with E-state index in [0.717, 1.165) is 38.5 Å². The molecule has 0 saturated heterocycles. The Balaban J connectivity index is 1.78. The van der Waals surface area contributed by atoms with Crippen LogP contribution in [0.2, 0.25) is 0 Å². The zero-order valence-electron chi connectivity index (χ0n) is 14.7. The van der Waals surface area contributed by atoms with Crippen LogP contribution in [-0.4, -0.2) is 30.1 Å². The summed E-state index contributed by atoms with van der Waals surface area (Å²) in [6.07, 6.45) is 6.91. The van der Waals surface area contributed by atoms with Gasteiger partial charge in [0, 0.05) is 18.6 Å². The molecule has 3 atom stereocenters. The molecule has 4 rings (SSSR count). The molecule has 0 radical (unpaired) electrons. The SMILES string of the molecule is C=C(C)C(=O)OC12CC3CC(C1)CC(OC(CC)OCC)(C3)C2. The summed E-state index contributed by atoms with van der Waals surface area (Å²) < 4.78 is 18.2. The van der Waals surface area contributed by atoms with Crippen molar-refractivity contribution in [2.45, 2.75) is 83.2 Å². The molecule has 4 heteroatoms. The molecule has 23 heavy (non-hydrogen) atoms. The number of hydrogen-bond donors (Lipinski definition) is 0. The second-order valence-electron chi connectivity index (χ2n) is 7.91. The van der Waals surface area contributed by atoms with Crippen molar-refractivity contribution in [1.82, 2.24) is 0 Å². The van der Waals surface area contributed by atoms with Crippen molar-refractivity contribution in [2.75, 3.05) is 6.61 Å². The first-order chi connectivity index (χ1) is 10.9. The highest BCUT2D eigenvalue weighted by atomic mass is 16.7. The Morgan fingerprint density at radius 1 is 1.17 bits per heavy atom. The van der Waals surface area contributed by atoms with Crippen molar-refractivity contribution < 1.29 is 19.0 Å². The molecule has 0 heterocycles. The van der Waals surface area contributed by atoms with Gasteiger partial charge in [-0.1, -0.05) is 13.5 Å². The number of carbonyl (C=O) groups is 1. The molecule has 0 aliphatic heterocycles. The zero-order chi connectivity index (χ0) is 16.7. The molecule has 0 aromatic rings. The van der Waals surface area contributed by atoms with Crippen LogP contribution in [0, 0.1) is 11.8 Å². The van der Waals surface area contributed by atoms with Crippen LogP contribution in [0.4, 0.5) is 0 Å². The second-order valence-corrected chi connectivity index (χ2v) is 7.91. The minimum Gasteiger partial charge on any atom is -0.456 e. The Bertz CT molecular complexity index is 470. The maximum absolute atomic E-state index is 12.1. The highest BCUT2D eigenvalue weighted by molar-refractivity contribution is 5.87. The quantitative estimate of drug-likeness (QED) is 0.404. The van der Waals surface area contributed by atoms with Gasteiger partial charge in [0.25, 0.3) is 0 Å². The summed E-state index contributed by atoms with van der Waals surface area (Å²) in [5.74, 6) is 0.959. The van der Waals surface area contributed by atoms with Crippen molar-refractivity contribution in [1.29, 1.82) is 0 Å². The highest BCUT2D eigenvalue weighted by Crippen LogP contribution is 2.60. The summed E-state index contributed by atoms with van der Waals surface area (Å²) in [6, 6.07) is 0. The summed E-state index contributed by atoms with van der Waals surface area (Å²) in [6.45, 7) is 10.2. The van der Waals surface area contributed by atoms with Gasteiger partial charge in [-0.05, 0) is 64.2 Å². The van der Waals surface area contributed by atoms with Crippen LogP contribution in [0.1, 0.15) is 65.7 Å². The van der Waals surface area contributed by atoms with E-state index in [-0.39, 0.29) is 23.5 Å². The average molecular weight is 322 g/mol. The van der Waals surface area contributed by atoms with Crippen molar-refractivity contribution >= 4 is 5.97 Å². The van der Waals surface area contributed by atoms with Gasteiger partial charge >= 0.3 is 5.97 Å². The molecule has 130 valence electrons. The molecule has 3 unspecified atom stereocenters. The van der Waals surface area contributed by atoms with Crippen LogP contribution >= 0.6 is 0 Å². The van der Waals surface area contributed by atoms with Gasteiger partial charge in [-0.2, -0.15) is 0 Å². The second kappa shape index (κ2) is 6.21. The normalized spacial score (nSPS) is 39.3. The molecular formula is C19H30O4. The minimum absolute atomic E-state index is 0.148. The molecule has 4 aliphatic rings. The van der Waals surface area contributed by atoms with Crippen LogP contribution < -0.4 is 0 Å². The van der Waals surface area contributed by atoms with Crippen molar-refractivity contribution in [3.8, 4) is 0 Å². The van der Waals surface area contributed by atoms with Gasteiger partial charge < -0.3 is 14.2 Å². The highest BCUT2D eigenvalue weighted by Gasteiger charge is 2.60. The molecule has 4 bridgehead atoms. The molecular weight excluding hydrogens is 292 g/mol. The third kappa shape index (κ3) is 3.34. The third-order valence-electron chi connectivity index (χ3n) is 5.68. The predicted molar refractivity (Wildman–Crippen MR) is 87.8 cm³/mol. The predicted octanol–water partition coefficient (Wildman–Crippen LogP) is 3.99. The molecule has 4 saturated carbocycles. The number of rotatable bonds is 7. The molecule has 0 amide bonds. The Morgan fingerprint density at radius 3 is 2.30 bits per heavy atom. The molecule has 0 aromatic heterocycles. The first kappa shape index (κ1) is 17.0. The van der Waals surface area contributed by atoms with E-state index in [1.54, 1.807) is 6.92 Å². The van der Waals surface area contributed by atoms with Gasteiger partial charge in [0.2, 0.25) is 0 Å². The first-order valence-corrected chi connectivity index (χ1v) is 9.07. The lowest BCUT2D eigenvalue weighted by Crippen LogP contribution is -2.62. The Hall–Kier alpha value is -0.870. The molecule has 0 N–H and O–H groups in total. The van der Waals surface area contributed by atoms with Crippen LogP contribution in [0.25, 0.3) is 0 Å². The Kier molecular flexibility index (Phi) is 4.58. The smallest absolute Gasteiger partial charge is 0.333 e. The lowest BCUT2D eigenvalue weighted by molar-refractivity contribution is -0.282. The van der Waals surface area contributed by atoms with Gasteiger partial charge in [-0.15, -0.1) is 0 Å². The van der Waals surface area contributed by atoms with E-state index in [4.69, 9.17) is 14.2 Å². The number of carbonyl (C=O) groups excluding carboxylic acids is 1. The molecule has 4 aliphatic carbocycles. The van der Waals surface area contributed by atoms with Crippen LogP contribution in [0.3, 0.4) is 0 Å². The molecule has 4 nitrogen and oxygen atoms in total. The maximum Gasteiger partial charge on any atom is 0.333 e. The number of hydrogen-bond acceptors (Lipinski definition) is 4. The number of ether oxygens (including phenoxy) is 3. The third-order valence-corrected chi connectivity index (χ3v) is 5.68. The first-order valence-electron chi connectivity index (χ1n) is 9.07. The van der Waals surface area contributed by atoms with Gasteiger partial charge in [0.15, 0.2) is 6.29 Å². The summed E-state index contributed by atoms with van der Waals surface area (Å²) in [7, 11) is 0. The van der Waals surface area contributed by atoms with Gasteiger partial charge in [-0.3, -0.25) is 0 Å². The summed E-state index contributed by atoms with van der Waals surface area (Å²) >= 11 is 0. The van der Waals surface area contributed by atoms with Crippen molar-refractivity contribution in [2.24, 2.45) is 11.8 Å². The van der Waals surface area contributed by atoms with Gasteiger partial charge in [0.05, 0.1) is 5.60 Å². The van der Waals surface area contributed by atoms with Gasteiger partial charge in [-0.25, -0.2) is 4.79 Å². The van der Waals surface area contributed by atoms with E-state index in [2.05, 4.69) is 13.5 Å². The lowest BCUT2D eigenvalue weighted by Gasteiger charge is -2.61. The monoisotopic (exact) mass is 322 g/mol. The van der Waals surface area contributed by atoms with Crippen molar-refractivity contribution in [3.05, 3.63) is 12.2 Å². The lowest BCUT2D eigenvalue weighted by atomic mass is 9.52. The average Bonchev–Trinajstić information content (AvgIpc) is 2.44. The summed E-state index contributed by atoms with van der Waals surface area (Å²) in [5.41, 5.74) is -0.0311. The summed E-state index contributed by atoms with van der Waals surface area (Å²) in [5, 5.41) is 0. The topological polar surface area (TPSA) is 44.8 Å². The van der Waals surface area contributed by atoms with E-state index < -0.39 is 0 Å². The van der Waals surface area contributed by atoms with E-state index in [1.807, 2.05) is 6.92 Å². The fourth-order valence-electron chi connectivity index (χ4n) is 5.34. The zero-order valence-corrected chi connectivity index (χ0v) is 14.7. The maximum atomic E-state index is 12.1. The standard InChI is InChI=1S/C19H30O4/c1-5-16(21-6-2)22-18-8-14-7-15(9-18)11-19(10-14,12-18)23-17(20)13(3)4/h14-16H,3,5-12H2,1-2,4H3. The minimum atomic E-state index is -0.343. The Labute approximate surface area is 139 Å². The van der Waals surface area contributed by atoms with Crippen LogP contribution in [0.15, 0.2) is 12.2 Å². The fourth-order valence-corrected chi connectivity index (χ4v) is 5.34. The van der Waals surface area contributed by atoms with E-state index >= 15 is 0 Å². The van der Waals surface area contributed by atoms with E-state index in [9.17, 15) is 4.79 Å². The van der Waals surface area contributed by atoms with Crippen molar-refractivity contribution in [3.63, 3.8) is 0 Å².